The van der Waals surface area contributed by atoms with Gasteiger partial charge >= 0.3 is 0 Å². The van der Waals surface area contributed by atoms with E-state index >= 15 is 0 Å². The molecule has 0 saturated carbocycles. The molecular weight excluding hydrogens is 128 g/mol. The first-order valence-corrected chi connectivity index (χ1v) is 2.89. The third kappa shape index (κ3) is 1.14. The lowest BCUT2D eigenvalue weighted by Crippen LogP contribution is -1.94. The highest BCUT2D eigenvalue weighted by Gasteiger charge is 2.39. The molecule has 46 valence electrons. The molecule has 1 rings (SSSR count). The molecule has 0 bridgehead atoms. The van der Waals surface area contributed by atoms with Crippen molar-refractivity contribution >= 4 is 11.6 Å². The summed E-state index contributed by atoms with van der Waals surface area (Å²) >= 11 is 5.39. The third-order valence-corrected chi connectivity index (χ3v) is 1.22. The first-order chi connectivity index (χ1) is 3.88. The lowest BCUT2D eigenvalue weighted by molar-refractivity contribution is 0.132. The highest BCUT2D eigenvalue weighted by atomic mass is 35.5. The fourth-order valence-electron chi connectivity index (χ4n) is 0.451. The molecule has 3 heteroatoms. The Morgan fingerprint density at radius 1 is 1.88 bits per heavy atom. The van der Waals surface area contributed by atoms with E-state index in [2.05, 4.69) is 6.58 Å². The van der Waals surface area contributed by atoms with Gasteiger partial charge in [-0.25, -0.2) is 0 Å². The van der Waals surface area contributed by atoms with Crippen molar-refractivity contribution in [2.75, 3.05) is 5.88 Å². The van der Waals surface area contributed by atoms with Crippen LogP contribution in [0.1, 0.15) is 0 Å². The quantitative estimate of drug-likeness (QED) is 0.328. The second-order valence-corrected chi connectivity index (χ2v) is 1.81. The molecule has 0 N–H and O–H groups in total. The minimum Gasteiger partial charge on any atom is -0.470 e. The molecule has 0 aromatic carbocycles. The topological polar surface area (TPSA) is 21.8 Å². The average Bonchev–Trinajstić information content (AvgIpc) is 2.48. The second-order valence-electron chi connectivity index (χ2n) is 1.50. The maximum atomic E-state index is 5.39. The summed E-state index contributed by atoms with van der Waals surface area (Å²) in [6, 6.07) is 0. The van der Waals surface area contributed by atoms with Crippen LogP contribution < -0.4 is 0 Å². The summed E-state index contributed by atoms with van der Waals surface area (Å²) in [5.74, 6) is 0.499. The monoisotopic (exact) mass is 134 g/mol. The predicted octanol–water partition coefficient (Wildman–Crippen LogP) is 1.11. The van der Waals surface area contributed by atoms with Crippen LogP contribution in [0.15, 0.2) is 12.8 Å². The summed E-state index contributed by atoms with van der Waals surface area (Å²) in [6.45, 7) is 3.36. The Morgan fingerprint density at radius 3 is 3.00 bits per heavy atom. The van der Waals surface area contributed by atoms with Gasteiger partial charge in [-0.1, -0.05) is 6.58 Å². The largest absolute Gasteiger partial charge is 0.470 e. The van der Waals surface area contributed by atoms with E-state index in [-0.39, 0.29) is 12.4 Å². The number of ether oxygens (including phenoxy) is 2. The van der Waals surface area contributed by atoms with Crippen LogP contribution in [0.25, 0.3) is 0 Å². The Balaban J connectivity index is 2.07. The molecule has 0 radical (unpaired) electrons. The molecule has 0 amide bonds. The van der Waals surface area contributed by atoms with E-state index in [1.807, 2.05) is 0 Å². The van der Waals surface area contributed by atoms with Crippen molar-refractivity contribution < 1.29 is 9.47 Å². The van der Waals surface area contributed by atoms with Gasteiger partial charge in [-0.15, -0.1) is 11.6 Å². The zero-order valence-corrected chi connectivity index (χ0v) is 5.10. The lowest BCUT2D eigenvalue weighted by atomic mass is 10.5. The standard InChI is InChI=1S/C5H7ClO2/c1-2-7-5-4(3-6)8-5/h2,4-5H,1,3H2. The molecule has 1 heterocycles. The summed E-state index contributed by atoms with van der Waals surface area (Å²) < 4.78 is 9.69. The number of hydrogen-bond donors (Lipinski definition) is 0. The van der Waals surface area contributed by atoms with Crippen molar-refractivity contribution in [2.24, 2.45) is 0 Å². The Morgan fingerprint density at radius 2 is 2.62 bits per heavy atom. The zero-order chi connectivity index (χ0) is 5.98. The third-order valence-electron chi connectivity index (χ3n) is 0.918. The highest BCUT2D eigenvalue weighted by Crippen LogP contribution is 2.23. The first-order valence-electron chi connectivity index (χ1n) is 2.36. The van der Waals surface area contributed by atoms with Crippen molar-refractivity contribution in [1.82, 2.24) is 0 Å². The van der Waals surface area contributed by atoms with E-state index in [0.29, 0.717) is 5.88 Å². The second kappa shape index (κ2) is 2.37. The molecule has 0 spiro atoms. The van der Waals surface area contributed by atoms with Crippen molar-refractivity contribution in [1.29, 1.82) is 0 Å². The molecule has 2 nitrogen and oxygen atoms in total. The van der Waals surface area contributed by atoms with E-state index in [4.69, 9.17) is 21.1 Å². The fourth-order valence-corrected chi connectivity index (χ4v) is 0.669. The molecule has 2 unspecified atom stereocenters. The maximum Gasteiger partial charge on any atom is 0.227 e. The van der Waals surface area contributed by atoms with Crippen molar-refractivity contribution in [3.8, 4) is 0 Å². The Kier molecular flexibility index (Phi) is 1.76. The molecule has 0 aromatic rings. The van der Waals surface area contributed by atoms with Gasteiger partial charge in [0.2, 0.25) is 6.29 Å². The molecular formula is C5H7ClO2. The molecule has 1 fully saturated rings. The van der Waals surface area contributed by atoms with Crippen LogP contribution in [0.3, 0.4) is 0 Å². The predicted molar refractivity (Wildman–Crippen MR) is 30.7 cm³/mol. The van der Waals surface area contributed by atoms with Gasteiger partial charge in [-0.05, 0) is 0 Å². The Labute approximate surface area is 53.0 Å². The molecule has 8 heavy (non-hydrogen) atoms. The maximum absolute atomic E-state index is 5.39. The van der Waals surface area contributed by atoms with Crippen LogP contribution >= 0.6 is 11.6 Å². The smallest absolute Gasteiger partial charge is 0.227 e. The molecule has 0 aliphatic carbocycles. The Hall–Kier alpha value is -0.210. The van der Waals surface area contributed by atoms with Crippen molar-refractivity contribution in [3.63, 3.8) is 0 Å². The number of alkyl halides is 1. The summed E-state index contributed by atoms with van der Waals surface area (Å²) in [5.41, 5.74) is 0. The number of epoxide rings is 1. The number of hydrogen-bond acceptors (Lipinski definition) is 2. The highest BCUT2D eigenvalue weighted by molar-refractivity contribution is 6.18. The minimum absolute atomic E-state index is 0.0923. The van der Waals surface area contributed by atoms with Gasteiger partial charge < -0.3 is 9.47 Å². The van der Waals surface area contributed by atoms with Gasteiger partial charge in [0.05, 0.1) is 12.1 Å². The summed E-state index contributed by atoms with van der Waals surface area (Å²) in [6.07, 6.45) is 1.33. The number of halogens is 1. The molecule has 1 aliphatic heterocycles. The SMILES string of the molecule is C=COC1OC1CCl. The van der Waals surface area contributed by atoms with Gasteiger partial charge in [0.15, 0.2) is 0 Å². The van der Waals surface area contributed by atoms with Crippen LogP contribution in [-0.2, 0) is 9.47 Å². The van der Waals surface area contributed by atoms with E-state index in [1.54, 1.807) is 0 Å². The molecule has 1 aliphatic rings. The van der Waals surface area contributed by atoms with Crippen molar-refractivity contribution in [2.45, 2.75) is 12.4 Å². The average molecular weight is 135 g/mol. The van der Waals surface area contributed by atoms with Gasteiger partial charge in [-0.2, -0.15) is 0 Å². The van der Waals surface area contributed by atoms with E-state index in [0.717, 1.165) is 0 Å². The van der Waals surface area contributed by atoms with E-state index in [1.165, 1.54) is 6.26 Å². The van der Waals surface area contributed by atoms with Crippen LogP contribution in [-0.4, -0.2) is 18.3 Å². The summed E-state index contributed by atoms with van der Waals surface area (Å²) in [7, 11) is 0. The zero-order valence-electron chi connectivity index (χ0n) is 4.34. The van der Waals surface area contributed by atoms with E-state index in [9.17, 15) is 0 Å². The van der Waals surface area contributed by atoms with Gasteiger partial charge in [0.1, 0.15) is 6.10 Å². The fraction of sp³-hybridized carbons (Fsp3) is 0.600. The lowest BCUT2D eigenvalue weighted by Gasteiger charge is -1.87. The van der Waals surface area contributed by atoms with Gasteiger partial charge in [0, 0.05) is 0 Å². The number of rotatable bonds is 3. The Bertz CT molecular complexity index is 94.4. The van der Waals surface area contributed by atoms with Crippen LogP contribution in [0, 0.1) is 0 Å². The summed E-state index contributed by atoms with van der Waals surface area (Å²) in [4.78, 5) is 0. The molecule has 1 saturated heterocycles. The molecule has 0 aromatic heterocycles. The molecule has 2 atom stereocenters. The van der Waals surface area contributed by atoms with E-state index < -0.39 is 0 Å². The summed E-state index contributed by atoms with van der Waals surface area (Å²) in [5, 5.41) is 0. The van der Waals surface area contributed by atoms with Gasteiger partial charge in [0.25, 0.3) is 0 Å². The van der Waals surface area contributed by atoms with Gasteiger partial charge in [-0.3, -0.25) is 0 Å². The van der Waals surface area contributed by atoms with Crippen LogP contribution in [0.5, 0.6) is 0 Å². The minimum atomic E-state index is -0.120. The first kappa shape index (κ1) is 5.92. The van der Waals surface area contributed by atoms with Crippen LogP contribution in [0.2, 0.25) is 0 Å². The van der Waals surface area contributed by atoms with Crippen LogP contribution in [0.4, 0.5) is 0 Å². The normalized spacial score (nSPS) is 34.1. The van der Waals surface area contributed by atoms with Crippen molar-refractivity contribution in [3.05, 3.63) is 12.8 Å².